The van der Waals surface area contributed by atoms with Gasteiger partial charge in [-0.3, -0.25) is 9.59 Å². The van der Waals surface area contributed by atoms with E-state index in [0.29, 0.717) is 23.8 Å². The van der Waals surface area contributed by atoms with Crippen LogP contribution in [0.3, 0.4) is 0 Å². The predicted octanol–water partition coefficient (Wildman–Crippen LogP) is 3.88. The van der Waals surface area contributed by atoms with Gasteiger partial charge in [-0.1, -0.05) is 24.3 Å². The molecule has 0 aliphatic heterocycles. The van der Waals surface area contributed by atoms with Crippen LogP contribution in [0.1, 0.15) is 23.1 Å². The Balaban J connectivity index is 1.43. The van der Waals surface area contributed by atoms with E-state index >= 15 is 0 Å². The van der Waals surface area contributed by atoms with E-state index in [1.807, 2.05) is 35.0 Å². The lowest BCUT2D eigenvalue weighted by Gasteiger charge is -2.25. The highest BCUT2D eigenvalue weighted by Gasteiger charge is 2.12. The zero-order valence-electron chi connectivity index (χ0n) is 17.2. The van der Waals surface area contributed by atoms with Gasteiger partial charge in [-0.2, -0.15) is 0 Å². The molecule has 0 fully saturated rings. The fourth-order valence-corrected chi connectivity index (χ4v) is 4.53. The number of para-hydroxylation sites is 1. The normalized spacial score (nSPS) is 10.6. The second kappa shape index (κ2) is 10.9. The highest BCUT2D eigenvalue weighted by Crippen LogP contribution is 2.19. The molecule has 2 N–H and O–H groups in total. The van der Waals surface area contributed by atoms with E-state index in [9.17, 15) is 9.59 Å². The number of thiophene rings is 1. The van der Waals surface area contributed by atoms with Crippen molar-refractivity contribution in [2.24, 2.45) is 0 Å². The van der Waals surface area contributed by atoms with E-state index in [-0.39, 0.29) is 18.2 Å². The third-order valence-electron chi connectivity index (χ3n) is 4.60. The molecule has 2 amide bonds. The van der Waals surface area contributed by atoms with Crippen LogP contribution >= 0.6 is 22.7 Å². The third kappa shape index (κ3) is 6.40. The molecule has 0 aliphatic carbocycles. The molecule has 8 heteroatoms. The van der Waals surface area contributed by atoms with Gasteiger partial charge in [0.05, 0.1) is 18.5 Å². The Hall–Kier alpha value is -2.71. The average Bonchev–Trinajstić information content (AvgIpc) is 3.38. The topological polar surface area (TPSA) is 74.3 Å². The lowest BCUT2D eigenvalue weighted by molar-refractivity contribution is -0.120. The number of aryl methyl sites for hydroxylation is 1. The second-order valence-electron chi connectivity index (χ2n) is 6.84. The van der Waals surface area contributed by atoms with E-state index in [2.05, 4.69) is 46.5 Å². The maximum atomic E-state index is 12.3. The number of benzene rings is 1. The summed E-state index contributed by atoms with van der Waals surface area (Å²) in [6, 6.07) is 12.1. The van der Waals surface area contributed by atoms with E-state index < -0.39 is 0 Å². The number of thiazole rings is 1. The van der Waals surface area contributed by atoms with Gasteiger partial charge in [0.15, 0.2) is 5.13 Å². The van der Waals surface area contributed by atoms with Crippen LogP contribution < -0.4 is 15.5 Å². The Morgan fingerprint density at radius 3 is 2.63 bits per heavy atom. The molecule has 0 aliphatic rings. The number of carbonyl (C=O) groups excluding carboxylic acids is 2. The molecule has 1 aromatic carbocycles. The molecular weight excluding hydrogens is 416 g/mol. The monoisotopic (exact) mass is 442 g/mol. The molecule has 6 nitrogen and oxygen atoms in total. The molecule has 0 unspecified atom stereocenters. The first-order valence-electron chi connectivity index (χ1n) is 9.89. The van der Waals surface area contributed by atoms with Crippen molar-refractivity contribution in [2.75, 3.05) is 29.9 Å². The first-order chi connectivity index (χ1) is 14.5. The smallest absolute Gasteiger partial charge is 0.231 e. The third-order valence-corrected chi connectivity index (χ3v) is 6.28. The summed E-state index contributed by atoms with van der Waals surface area (Å²) in [6.07, 6.45) is 0.537. The molecule has 0 saturated carbocycles. The first kappa shape index (κ1) is 22.0. The Morgan fingerprint density at radius 2 is 1.90 bits per heavy atom. The maximum absolute atomic E-state index is 12.3. The van der Waals surface area contributed by atoms with Crippen molar-refractivity contribution >= 4 is 45.3 Å². The van der Waals surface area contributed by atoms with Crippen molar-refractivity contribution in [1.29, 1.82) is 0 Å². The molecular formula is C22H26N4O2S2. The van der Waals surface area contributed by atoms with E-state index in [0.717, 1.165) is 18.0 Å². The van der Waals surface area contributed by atoms with Crippen molar-refractivity contribution in [3.05, 3.63) is 63.3 Å². The molecule has 0 radical (unpaired) electrons. The maximum Gasteiger partial charge on any atom is 0.231 e. The number of hydrogen-bond donors (Lipinski definition) is 2. The molecule has 0 saturated heterocycles. The van der Waals surface area contributed by atoms with Gasteiger partial charge >= 0.3 is 0 Å². The van der Waals surface area contributed by atoms with Gasteiger partial charge < -0.3 is 15.5 Å². The Morgan fingerprint density at radius 1 is 1.07 bits per heavy atom. The minimum absolute atomic E-state index is 0.0717. The zero-order valence-corrected chi connectivity index (χ0v) is 18.8. The molecule has 0 bridgehead atoms. The summed E-state index contributed by atoms with van der Waals surface area (Å²) in [7, 11) is 0. The molecule has 158 valence electrons. The molecule has 30 heavy (non-hydrogen) atoms. The van der Waals surface area contributed by atoms with Gasteiger partial charge in [0.25, 0.3) is 0 Å². The van der Waals surface area contributed by atoms with E-state index in [1.165, 1.54) is 22.6 Å². The highest BCUT2D eigenvalue weighted by atomic mass is 32.1. The molecule has 3 aromatic rings. The molecule has 2 aromatic heterocycles. The first-order valence-corrected chi connectivity index (χ1v) is 11.6. The van der Waals surface area contributed by atoms with Crippen LogP contribution in [-0.2, 0) is 22.4 Å². The minimum atomic E-state index is -0.0985. The van der Waals surface area contributed by atoms with Gasteiger partial charge in [0.2, 0.25) is 11.8 Å². The van der Waals surface area contributed by atoms with Gasteiger partial charge in [-0.15, -0.1) is 22.7 Å². The zero-order chi connectivity index (χ0) is 21.3. The number of aromatic nitrogens is 1. The SMILES string of the molecule is CCN(CCNC(=O)Cc1csc(NC(=O)Cc2cccs2)n1)c1ccccc1C. The number of nitrogens with one attached hydrogen (secondary N) is 2. The van der Waals surface area contributed by atoms with Gasteiger partial charge in [0, 0.05) is 35.6 Å². The van der Waals surface area contributed by atoms with E-state index in [4.69, 9.17) is 0 Å². The van der Waals surface area contributed by atoms with Crippen LogP contribution in [0, 0.1) is 6.92 Å². The Labute approximate surface area is 185 Å². The van der Waals surface area contributed by atoms with Crippen molar-refractivity contribution < 1.29 is 9.59 Å². The van der Waals surface area contributed by atoms with Crippen molar-refractivity contribution in [2.45, 2.75) is 26.7 Å². The number of amides is 2. The number of carbonyl (C=O) groups is 2. The van der Waals surface area contributed by atoms with Crippen molar-refractivity contribution in [3.8, 4) is 0 Å². The Bertz CT molecular complexity index is 969. The van der Waals surface area contributed by atoms with Crippen LogP contribution in [-0.4, -0.2) is 36.4 Å². The van der Waals surface area contributed by atoms with Gasteiger partial charge in [0.1, 0.15) is 0 Å². The van der Waals surface area contributed by atoms with Crippen LogP contribution in [0.25, 0.3) is 0 Å². The largest absolute Gasteiger partial charge is 0.370 e. The summed E-state index contributed by atoms with van der Waals surface area (Å²) in [6.45, 7) is 6.39. The number of likely N-dealkylation sites (N-methyl/N-ethyl adjacent to an activating group) is 1. The summed E-state index contributed by atoms with van der Waals surface area (Å²) in [4.78, 5) is 32.0. The average molecular weight is 443 g/mol. The van der Waals surface area contributed by atoms with E-state index in [1.54, 1.807) is 11.3 Å². The van der Waals surface area contributed by atoms with Crippen LogP contribution in [0.5, 0.6) is 0 Å². The lowest BCUT2D eigenvalue weighted by Crippen LogP contribution is -2.35. The fourth-order valence-electron chi connectivity index (χ4n) is 3.10. The number of nitrogens with zero attached hydrogens (tertiary/aromatic N) is 2. The predicted molar refractivity (Wildman–Crippen MR) is 125 cm³/mol. The minimum Gasteiger partial charge on any atom is -0.370 e. The lowest BCUT2D eigenvalue weighted by atomic mass is 10.2. The summed E-state index contributed by atoms with van der Waals surface area (Å²) in [5.74, 6) is -0.170. The number of anilines is 2. The van der Waals surface area contributed by atoms with Crippen LogP contribution in [0.15, 0.2) is 47.2 Å². The van der Waals surface area contributed by atoms with Gasteiger partial charge in [-0.05, 0) is 36.9 Å². The van der Waals surface area contributed by atoms with Crippen molar-refractivity contribution in [3.63, 3.8) is 0 Å². The number of hydrogen-bond acceptors (Lipinski definition) is 6. The summed E-state index contributed by atoms with van der Waals surface area (Å²) >= 11 is 2.89. The summed E-state index contributed by atoms with van der Waals surface area (Å²) in [5, 5.41) is 10.0. The van der Waals surface area contributed by atoms with Crippen LogP contribution in [0.4, 0.5) is 10.8 Å². The molecule has 2 heterocycles. The standard InChI is InChI=1S/C22H26N4O2S2/c1-3-26(19-9-5-4-7-16(19)2)11-10-23-20(27)13-17-15-30-22(24-17)25-21(28)14-18-8-6-12-29-18/h4-9,12,15H,3,10-11,13-14H2,1-2H3,(H,23,27)(H,24,25,28). The van der Waals surface area contributed by atoms with Crippen LogP contribution in [0.2, 0.25) is 0 Å². The molecule has 0 atom stereocenters. The summed E-state index contributed by atoms with van der Waals surface area (Å²) in [5.41, 5.74) is 3.08. The van der Waals surface area contributed by atoms with Gasteiger partial charge in [-0.25, -0.2) is 4.98 Å². The fraction of sp³-hybridized carbons (Fsp3) is 0.318. The molecule has 3 rings (SSSR count). The quantitative estimate of drug-likeness (QED) is 0.500. The Kier molecular flexibility index (Phi) is 7.98. The second-order valence-corrected chi connectivity index (χ2v) is 8.73. The number of rotatable bonds is 10. The summed E-state index contributed by atoms with van der Waals surface area (Å²) < 4.78 is 0. The highest BCUT2D eigenvalue weighted by molar-refractivity contribution is 7.14. The molecule has 0 spiro atoms. The van der Waals surface area contributed by atoms with Crippen molar-refractivity contribution in [1.82, 2.24) is 10.3 Å².